The standard InChI is InChI=1S/C21H26N2O3S/c1-3-17-15-23(14-16-13-18(25-2)6-8-20(16)26-17)11-10-22-21(24)9-7-19-5-4-12-27-19/h4-9,12-13,17H,3,10-11,14-15H2,1-2H3,(H,22,24)/b9-7+/t17-/m1/s1. The molecule has 5 nitrogen and oxygen atoms in total. The molecule has 0 radical (unpaired) electrons. The number of hydrogen-bond acceptors (Lipinski definition) is 5. The molecular formula is C21H26N2O3S. The van der Waals surface area contributed by atoms with Gasteiger partial charge in [0.15, 0.2) is 0 Å². The molecule has 0 aliphatic carbocycles. The summed E-state index contributed by atoms with van der Waals surface area (Å²) in [7, 11) is 1.67. The highest BCUT2D eigenvalue weighted by Gasteiger charge is 2.22. The number of carbonyl (C=O) groups is 1. The van der Waals surface area contributed by atoms with Crippen LogP contribution in [0.15, 0.2) is 41.8 Å². The molecule has 1 aromatic heterocycles. The number of nitrogens with zero attached hydrogens (tertiary/aromatic N) is 1. The molecule has 0 saturated heterocycles. The number of amides is 1. The predicted octanol–water partition coefficient (Wildman–Crippen LogP) is 3.56. The van der Waals surface area contributed by atoms with Crippen LogP contribution in [0, 0.1) is 0 Å². The van der Waals surface area contributed by atoms with Gasteiger partial charge in [-0.2, -0.15) is 0 Å². The Bertz CT molecular complexity index is 774. The number of methoxy groups -OCH3 is 1. The molecule has 1 atom stereocenters. The molecule has 27 heavy (non-hydrogen) atoms. The van der Waals surface area contributed by atoms with Crippen molar-refractivity contribution in [2.24, 2.45) is 0 Å². The largest absolute Gasteiger partial charge is 0.497 e. The van der Waals surface area contributed by atoms with E-state index in [1.807, 2.05) is 41.8 Å². The van der Waals surface area contributed by atoms with Gasteiger partial charge in [-0.05, 0) is 42.1 Å². The highest BCUT2D eigenvalue weighted by atomic mass is 32.1. The molecule has 2 heterocycles. The van der Waals surface area contributed by atoms with Crippen LogP contribution in [-0.4, -0.2) is 43.7 Å². The fourth-order valence-corrected chi connectivity index (χ4v) is 3.67. The van der Waals surface area contributed by atoms with Gasteiger partial charge in [0.05, 0.1) is 7.11 Å². The molecule has 6 heteroatoms. The van der Waals surface area contributed by atoms with Crippen molar-refractivity contribution < 1.29 is 14.3 Å². The van der Waals surface area contributed by atoms with E-state index in [9.17, 15) is 4.79 Å². The van der Waals surface area contributed by atoms with Crippen LogP contribution in [0.1, 0.15) is 23.8 Å². The van der Waals surface area contributed by atoms with Crippen molar-refractivity contribution in [3.8, 4) is 11.5 Å². The first-order chi connectivity index (χ1) is 13.2. The molecule has 0 spiro atoms. The summed E-state index contributed by atoms with van der Waals surface area (Å²) in [5.41, 5.74) is 1.12. The summed E-state index contributed by atoms with van der Waals surface area (Å²) < 4.78 is 11.5. The highest BCUT2D eigenvalue weighted by Crippen LogP contribution is 2.29. The lowest BCUT2D eigenvalue weighted by molar-refractivity contribution is -0.116. The van der Waals surface area contributed by atoms with E-state index >= 15 is 0 Å². The lowest BCUT2D eigenvalue weighted by Gasteiger charge is -2.23. The van der Waals surface area contributed by atoms with Gasteiger partial charge in [0.1, 0.15) is 17.6 Å². The number of fused-ring (bicyclic) bond motifs is 1. The second-order valence-electron chi connectivity index (χ2n) is 6.50. The minimum Gasteiger partial charge on any atom is -0.497 e. The number of nitrogens with one attached hydrogen (secondary N) is 1. The van der Waals surface area contributed by atoms with Crippen LogP contribution < -0.4 is 14.8 Å². The molecule has 0 unspecified atom stereocenters. The zero-order chi connectivity index (χ0) is 19.1. The molecule has 0 fully saturated rings. The van der Waals surface area contributed by atoms with Crippen molar-refractivity contribution in [1.82, 2.24) is 10.2 Å². The smallest absolute Gasteiger partial charge is 0.244 e. The predicted molar refractivity (Wildman–Crippen MR) is 109 cm³/mol. The van der Waals surface area contributed by atoms with Crippen LogP contribution >= 0.6 is 11.3 Å². The van der Waals surface area contributed by atoms with E-state index in [0.29, 0.717) is 6.54 Å². The third-order valence-electron chi connectivity index (χ3n) is 4.54. The Balaban J connectivity index is 1.56. The van der Waals surface area contributed by atoms with Gasteiger partial charge in [0.2, 0.25) is 5.91 Å². The van der Waals surface area contributed by atoms with E-state index in [1.165, 1.54) is 0 Å². The topological polar surface area (TPSA) is 50.8 Å². The van der Waals surface area contributed by atoms with Crippen LogP contribution in [0.2, 0.25) is 0 Å². The molecule has 0 saturated carbocycles. The molecule has 1 N–H and O–H groups in total. The van der Waals surface area contributed by atoms with Crippen molar-refractivity contribution in [1.29, 1.82) is 0 Å². The van der Waals surface area contributed by atoms with Crippen molar-refractivity contribution in [2.75, 3.05) is 26.7 Å². The van der Waals surface area contributed by atoms with Crippen LogP contribution in [0.4, 0.5) is 0 Å². The lowest BCUT2D eigenvalue weighted by atomic mass is 10.2. The monoisotopic (exact) mass is 386 g/mol. The third-order valence-corrected chi connectivity index (χ3v) is 5.38. The van der Waals surface area contributed by atoms with Crippen molar-refractivity contribution in [2.45, 2.75) is 26.0 Å². The average molecular weight is 387 g/mol. The summed E-state index contributed by atoms with van der Waals surface area (Å²) in [4.78, 5) is 15.4. The Hall–Kier alpha value is -2.31. The molecule has 1 aliphatic heterocycles. The molecule has 1 amide bonds. The summed E-state index contributed by atoms with van der Waals surface area (Å²) in [6.45, 7) is 5.13. The lowest BCUT2D eigenvalue weighted by Crippen LogP contribution is -2.38. The maximum Gasteiger partial charge on any atom is 0.244 e. The maximum absolute atomic E-state index is 12.0. The zero-order valence-corrected chi connectivity index (χ0v) is 16.6. The third kappa shape index (κ3) is 5.58. The second-order valence-corrected chi connectivity index (χ2v) is 7.48. The quantitative estimate of drug-likeness (QED) is 0.740. The van der Waals surface area contributed by atoms with Crippen LogP contribution in [-0.2, 0) is 11.3 Å². The summed E-state index contributed by atoms with van der Waals surface area (Å²) >= 11 is 1.61. The van der Waals surface area contributed by atoms with E-state index < -0.39 is 0 Å². The molecular weight excluding hydrogens is 360 g/mol. The maximum atomic E-state index is 12.0. The molecule has 3 rings (SSSR count). The summed E-state index contributed by atoms with van der Waals surface area (Å²) in [6.07, 6.45) is 4.52. The van der Waals surface area contributed by atoms with Gasteiger partial charge in [-0.1, -0.05) is 13.0 Å². The molecule has 2 aromatic rings. The number of hydrogen-bond donors (Lipinski definition) is 1. The van der Waals surface area contributed by atoms with Crippen molar-refractivity contribution in [3.05, 3.63) is 52.2 Å². The number of ether oxygens (including phenoxy) is 2. The fraction of sp³-hybridized carbons (Fsp3) is 0.381. The molecule has 1 aliphatic rings. The Morgan fingerprint density at radius 2 is 2.33 bits per heavy atom. The van der Waals surface area contributed by atoms with E-state index in [1.54, 1.807) is 24.5 Å². The minimum absolute atomic E-state index is 0.0661. The Kier molecular flexibility index (Phi) is 6.90. The van der Waals surface area contributed by atoms with E-state index in [0.717, 1.165) is 48.0 Å². The first-order valence-electron chi connectivity index (χ1n) is 9.23. The van der Waals surface area contributed by atoms with Gasteiger partial charge in [-0.3, -0.25) is 9.69 Å². The summed E-state index contributed by atoms with van der Waals surface area (Å²) in [5.74, 6) is 1.69. The van der Waals surface area contributed by atoms with E-state index in [4.69, 9.17) is 9.47 Å². The normalized spacial score (nSPS) is 17.2. The van der Waals surface area contributed by atoms with Gasteiger partial charge < -0.3 is 14.8 Å². The molecule has 144 valence electrons. The first-order valence-corrected chi connectivity index (χ1v) is 10.1. The van der Waals surface area contributed by atoms with Crippen LogP contribution in [0.25, 0.3) is 6.08 Å². The van der Waals surface area contributed by atoms with Gasteiger partial charge >= 0.3 is 0 Å². The van der Waals surface area contributed by atoms with Gasteiger partial charge in [-0.25, -0.2) is 0 Å². The van der Waals surface area contributed by atoms with Crippen molar-refractivity contribution in [3.63, 3.8) is 0 Å². The number of rotatable bonds is 7. The number of thiophene rings is 1. The Labute approximate surface area is 164 Å². The van der Waals surface area contributed by atoms with Gasteiger partial charge in [0.25, 0.3) is 0 Å². The highest BCUT2D eigenvalue weighted by molar-refractivity contribution is 7.10. The average Bonchev–Trinajstić information content (AvgIpc) is 3.13. The fourth-order valence-electron chi connectivity index (χ4n) is 3.05. The summed E-state index contributed by atoms with van der Waals surface area (Å²) in [6, 6.07) is 9.91. The van der Waals surface area contributed by atoms with E-state index in [-0.39, 0.29) is 12.0 Å². The van der Waals surface area contributed by atoms with Gasteiger partial charge in [0, 0.05) is 42.7 Å². The zero-order valence-electron chi connectivity index (χ0n) is 15.8. The number of benzene rings is 1. The Morgan fingerprint density at radius 1 is 1.44 bits per heavy atom. The van der Waals surface area contributed by atoms with Crippen LogP contribution in [0.5, 0.6) is 11.5 Å². The minimum atomic E-state index is -0.0661. The van der Waals surface area contributed by atoms with Gasteiger partial charge in [-0.15, -0.1) is 11.3 Å². The second kappa shape index (κ2) is 9.58. The Morgan fingerprint density at radius 3 is 3.07 bits per heavy atom. The summed E-state index contributed by atoms with van der Waals surface area (Å²) in [5, 5.41) is 4.96. The molecule has 0 bridgehead atoms. The van der Waals surface area contributed by atoms with Crippen LogP contribution in [0.3, 0.4) is 0 Å². The van der Waals surface area contributed by atoms with E-state index in [2.05, 4.69) is 17.1 Å². The van der Waals surface area contributed by atoms with Crippen molar-refractivity contribution >= 4 is 23.3 Å². The first kappa shape index (κ1) is 19.5. The number of carbonyl (C=O) groups excluding carboxylic acids is 1. The SMILES string of the molecule is CC[C@@H]1CN(CCNC(=O)/C=C/c2cccs2)Cc2cc(OC)ccc2O1. The molecule has 1 aromatic carbocycles.